The maximum absolute atomic E-state index is 13.5. The highest BCUT2D eigenvalue weighted by molar-refractivity contribution is 5.25. The van der Waals surface area contributed by atoms with Gasteiger partial charge in [0.25, 0.3) is 0 Å². The average molecular weight is 207 g/mol. The van der Waals surface area contributed by atoms with Crippen molar-refractivity contribution in [2.75, 3.05) is 7.05 Å². The fourth-order valence-electron chi connectivity index (χ4n) is 1.43. The molecule has 0 amide bonds. The molecule has 78 valence electrons. The van der Waals surface area contributed by atoms with Gasteiger partial charge in [0.2, 0.25) is 0 Å². The molecule has 1 atom stereocenters. The van der Waals surface area contributed by atoms with Crippen molar-refractivity contribution in [1.29, 1.82) is 0 Å². The maximum atomic E-state index is 13.5. The van der Waals surface area contributed by atoms with Gasteiger partial charge in [-0.3, -0.25) is 4.98 Å². The van der Waals surface area contributed by atoms with Crippen LogP contribution in [0.4, 0.5) is 4.39 Å². The van der Waals surface area contributed by atoms with Crippen LogP contribution in [0.2, 0.25) is 0 Å². The third-order valence-corrected chi connectivity index (χ3v) is 2.13. The SMILES string of the molecule is CNC(c1cn[nH]n1)c1ccncc1F. The molecule has 0 spiro atoms. The van der Waals surface area contributed by atoms with E-state index in [0.29, 0.717) is 11.3 Å². The van der Waals surface area contributed by atoms with Crippen molar-refractivity contribution in [3.8, 4) is 0 Å². The van der Waals surface area contributed by atoms with Crippen molar-refractivity contribution in [3.05, 3.63) is 41.7 Å². The minimum Gasteiger partial charge on any atom is -0.308 e. The lowest BCUT2D eigenvalue weighted by Gasteiger charge is -2.13. The van der Waals surface area contributed by atoms with E-state index in [0.717, 1.165) is 0 Å². The molecule has 0 aromatic carbocycles. The standard InChI is InChI=1S/C9H10FN5/c1-11-9(8-5-13-15-14-8)6-2-3-12-4-7(6)10/h2-5,9,11H,1H3,(H,13,14,15). The summed E-state index contributed by atoms with van der Waals surface area (Å²) < 4.78 is 13.5. The van der Waals surface area contributed by atoms with E-state index in [1.165, 1.54) is 6.20 Å². The zero-order chi connectivity index (χ0) is 10.7. The van der Waals surface area contributed by atoms with Crippen molar-refractivity contribution in [1.82, 2.24) is 25.7 Å². The molecule has 2 rings (SSSR count). The van der Waals surface area contributed by atoms with Gasteiger partial charge in [-0.25, -0.2) is 4.39 Å². The number of nitrogens with zero attached hydrogens (tertiary/aromatic N) is 3. The van der Waals surface area contributed by atoms with Gasteiger partial charge in [0.15, 0.2) is 0 Å². The van der Waals surface area contributed by atoms with Gasteiger partial charge in [-0.1, -0.05) is 0 Å². The Kier molecular flexibility index (Phi) is 2.68. The minimum atomic E-state index is -0.361. The van der Waals surface area contributed by atoms with Gasteiger partial charge >= 0.3 is 0 Å². The zero-order valence-electron chi connectivity index (χ0n) is 8.11. The summed E-state index contributed by atoms with van der Waals surface area (Å²) in [4.78, 5) is 3.70. The normalized spacial score (nSPS) is 12.7. The van der Waals surface area contributed by atoms with E-state index in [1.807, 2.05) is 0 Å². The van der Waals surface area contributed by atoms with Gasteiger partial charge in [-0.2, -0.15) is 15.4 Å². The highest BCUT2D eigenvalue weighted by atomic mass is 19.1. The monoisotopic (exact) mass is 207 g/mol. The highest BCUT2D eigenvalue weighted by Gasteiger charge is 2.17. The molecule has 0 saturated heterocycles. The first kappa shape index (κ1) is 9.72. The number of nitrogens with one attached hydrogen (secondary N) is 2. The van der Waals surface area contributed by atoms with Crippen LogP contribution in [0.1, 0.15) is 17.3 Å². The van der Waals surface area contributed by atoms with Crippen LogP contribution in [0.25, 0.3) is 0 Å². The van der Waals surface area contributed by atoms with Crippen molar-refractivity contribution < 1.29 is 4.39 Å². The van der Waals surface area contributed by atoms with E-state index in [9.17, 15) is 4.39 Å². The van der Waals surface area contributed by atoms with Crippen molar-refractivity contribution >= 4 is 0 Å². The van der Waals surface area contributed by atoms with E-state index >= 15 is 0 Å². The number of hydrogen-bond acceptors (Lipinski definition) is 4. The van der Waals surface area contributed by atoms with Gasteiger partial charge < -0.3 is 5.32 Å². The number of rotatable bonds is 3. The number of aromatic amines is 1. The van der Waals surface area contributed by atoms with Crippen LogP contribution in [-0.4, -0.2) is 27.4 Å². The summed E-state index contributed by atoms with van der Waals surface area (Å²) in [6, 6.07) is 1.30. The zero-order valence-corrected chi connectivity index (χ0v) is 8.11. The molecule has 0 bridgehead atoms. The predicted molar refractivity (Wildman–Crippen MR) is 51.5 cm³/mol. The molecule has 2 aromatic heterocycles. The third-order valence-electron chi connectivity index (χ3n) is 2.13. The van der Waals surface area contributed by atoms with Crippen LogP contribution in [-0.2, 0) is 0 Å². The van der Waals surface area contributed by atoms with E-state index in [2.05, 4.69) is 25.7 Å². The largest absolute Gasteiger partial charge is 0.308 e. The average Bonchev–Trinajstić information content (AvgIpc) is 2.75. The predicted octanol–water partition coefficient (Wildman–Crippen LogP) is 0.648. The number of hydrogen-bond donors (Lipinski definition) is 2. The molecule has 6 heteroatoms. The molecule has 0 fully saturated rings. The first-order valence-electron chi connectivity index (χ1n) is 4.45. The first-order chi connectivity index (χ1) is 7.33. The molecule has 5 nitrogen and oxygen atoms in total. The molecule has 0 saturated carbocycles. The molecular weight excluding hydrogens is 197 g/mol. The van der Waals surface area contributed by atoms with E-state index < -0.39 is 0 Å². The Hall–Kier alpha value is -1.82. The van der Waals surface area contributed by atoms with Crippen LogP contribution in [0.3, 0.4) is 0 Å². The highest BCUT2D eigenvalue weighted by Crippen LogP contribution is 2.20. The van der Waals surface area contributed by atoms with Crippen molar-refractivity contribution in [3.63, 3.8) is 0 Å². The second kappa shape index (κ2) is 4.14. The van der Waals surface area contributed by atoms with Crippen LogP contribution < -0.4 is 5.32 Å². The molecule has 2 aromatic rings. The second-order valence-electron chi connectivity index (χ2n) is 3.01. The van der Waals surface area contributed by atoms with E-state index in [1.54, 1.807) is 25.5 Å². The molecule has 0 aliphatic heterocycles. The Labute approximate surface area is 85.7 Å². The van der Waals surface area contributed by atoms with E-state index in [-0.39, 0.29) is 11.9 Å². The van der Waals surface area contributed by atoms with Crippen LogP contribution in [0.5, 0.6) is 0 Å². The summed E-state index contributed by atoms with van der Waals surface area (Å²) in [7, 11) is 1.74. The number of pyridine rings is 1. The number of aromatic nitrogens is 4. The fourth-order valence-corrected chi connectivity index (χ4v) is 1.43. The lowest BCUT2D eigenvalue weighted by Crippen LogP contribution is -2.19. The molecular formula is C9H10FN5. The van der Waals surface area contributed by atoms with Crippen molar-refractivity contribution in [2.45, 2.75) is 6.04 Å². The second-order valence-corrected chi connectivity index (χ2v) is 3.01. The quantitative estimate of drug-likeness (QED) is 0.775. The third kappa shape index (κ3) is 1.84. The lowest BCUT2D eigenvalue weighted by atomic mass is 10.1. The Morgan fingerprint density at radius 1 is 1.47 bits per heavy atom. The van der Waals surface area contributed by atoms with Gasteiger partial charge in [-0.05, 0) is 13.1 Å². The number of halogens is 1. The Bertz CT molecular complexity index is 428. The number of H-pyrrole nitrogens is 1. The minimum absolute atomic E-state index is 0.313. The van der Waals surface area contributed by atoms with Crippen LogP contribution in [0.15, 0.2) is 24.7 Å². The van der Waals surface area contributed by atoms with Crippen molar-refractivity contribution in [2.24, 2.45) is 0 Å². The summed E-state index contributed by atoms with van der Waals surface area (Å²) >= 11 is 0. The summed E-state index contributed by atoms with van der Waals surface area (Å²) in [6.45, 7) is 0. The lowest BCUT2D eigenvalue weighted by molar-refractivity contribution is 0.565. The first-order valence-corrected chi connectivity index (χ1v) is 4.45. The molecule has 0 aliphatic rings. The van der Waals surface area contributed by atoms with E-state index in [4.69, 9.17) is 0 Å². The smallest absolute Gasteiger partial charge is 0.146 e. The van der Waals surface area contributed by atoms with Gasteiger partial charge in [-0.15, -0.1) is 0 Å². The molecule has 0 radical (unpaired) electrons. The summed E-state index contributed by atoms with van der Waals surface area (Å²) in [5.41, 5.74) is 1.14. The topological polar surface area (TPSA) is 66.5 Å². The van der Waals surface area contributed by atoms with Gasteiger partial charge in [0.05, 0.1) is 18.4 Å². The summed E-state index contributed by atoms with van der Waals surface area (Å²) in [5, 5.41) is 13.1. The Balaban J connectivity index is 2.40. The fraction of sp³-hybridized carbons (Fsp3) is 0.222. The summed E-state index contributed by atoms with van der Waals surface area (Å²) in [6.07, 6.45) is 4.28. The van der Waals surface area contributed by atoms with Crippen LogP contribution >= 0.6 is 0 Å². The molecule has 2 heterocycles. The van der Waals surface area contributed by atoms with Gasteiger partial charge in [0.1, 0.15) is 11.5 Å². The molecule has 0 aliphatic carbocycles. The van der Waals surface area contributed by atoms with Crippen LogP contribution in [0, 0.1) is 5.82 Å². The Morgan fingerprint density at radius 3 is 2.93 bits per heavy atom. The maximum Gasteiger partial charge on any atom is 0.146 e. The molecule has 15 heavy (non-hydrogen) atoms. The molecule has 1 unspecified atom stereocenters. The van der Waals surface area contributed by atoms with Gasteiger partial charge in [0, 0.05) is 11.8 Å². The molecule has 2 N–H and O–H groups in total. The summed E-state index contributed by atoms with van der Waals surface area (Å²) in [5.74, 6) is -0.361. The Morgan fingerprint density at radius 2 is 2.33 bits per heavy atom.